The van der Waals surface area contributed by atoms with Crippen LogP contribution in [-0.2, 0) is 4.79 Å². The Bertz CT molecular complexity index is 189. The number of carbonyl (C=O) groups is 1. The van der Waals surface area contributed by atoms with Crippen LogP contribution in [0.2, 0.25) is 0 Å². The van der Waals surface area contributed by atoms with Gasteiger partial charge < -0.3 is 15.3 Å². The molecule has 1 rings (SSSR count). The van der Waals surface area contributed by atoms with E-state index in [0.717, 1.165) is 25.9 Å². The molecule has 0 spiro atoms. The molecule has 1 saturated heterocycles. The number of hydrogen-bond donors (Lipinski definition) is 2. The van der Waals surface area contributed by atoms with E-state index < -0.39 is 6.10 Å². The molecule has 0 aliphatic carbocycles. The Morgan fingerprint density at radius 2 is 2.00 bits per heavy atom. The van der Waals surface area contributed by atoms with Gasteiger partial charge in [0, 0.05) is 19.1 Å². The molecule has 2 unspecified atom stereocenters. The molecule has 1 amide bonds. The van der Waals surface area contributed by atoms with Crippen LogP contribution in [0.1, 0.15) is 26.7 Å². The highest BCUT2D eigenvalue weighted by atomic mass is 16.3. The van der Waals surface area contributed by atoms with Crippen molar-refractivity contribution in [3.05, 3.63) is 0 Å². The first-order chi connectivity index (χ1) is 6.61. The molecule has 0 saturated carbocycles. The van der Waals surface area contributed by atoms with Crippen LogP contribution in [0.3, 0.4) is 0 Å². The summed E-state index contributed by atoms with van der Waals surface area (Å²) >= 11 is 0. The van der Waals surface area contributed by atoms with E-state index in [2.05, 4.69) is 5.32 Å². The Balaban J connectivity index is 2.20. The van der Waals surface area contributed by atoms with Gasteiger partial charge in [-0.25, -0.2) is 0 Å². The first-order valence-electron chi connectivity index (χ1n) is 5.30. The number of hydrogen-bond acceptors (Lipinski definition) is 3. The number of likely N-dealkylation sites (tertiary alicyclic amines) is 1. The van der Waals surface area contributed by atoms with Crippen molar-refractivity contribution in [1.82, 2.24) is 10.2 Å². The van der Waals surface area contributed by atoms with Gasteiger partial charge in [-0.15, -0.1) is 0 Å². The maximum absolute atomic E-state index is 11.6. The monoisotopic (exact) mass is 200 g/mol. The Hall–Kier alpha value is -0.610. The van der Waals surface area contributed by atoms with Gasteiger partial charge in [0.25, 0.3) is 0 Å². The predicted molar refractivity (Wildman–Crippen MR) is 55.0 cm³/mol. The SMILES string of the molecule is CC(O)C(C)NCC(=O)N1CCCC1. The second kappa shape index (κ2) is 5.32. The van der Waals surface area contributed by atoms with Gasteiger partial charge in [0.2, 0.25) is 5.91 Å². The maximum Gasteiger partial charge on any atom is 0.236 e. The lowest BCUT2D eigenvalue weighted by Gasteiger charge is -2.19. The minimum absolute atomic E-state index is 0.0263. The molecule has 2 atom stereocenters. The van der Waals surface area contributed by atoms with E-state index in [4.69, 9.17) is 0 Å². The largest absolute Gasteiger partial charge is 0.392 e. The summed E-state index contributed by atoms with van der Waals surface area (Å²) < 4.78 is 0. The third-order valence-electron chi connectivity index (χ3n) is 2.76. The molecule has 0 aromatic heterocycles. The van der Waals surface area contributed by atoms with Gasteiger partial charge in [0.1, 0.15) is 0 Å². The first kappa shape index (κ1) is 11.5. The van der Waals surface area contributed by atoms with Crippen molar-refractivity contribution in [2.24, 2.45) is 0 Å². The quantitative estimate of drug-likeness (QED) is 0.670. The van der Waals surface area contributed by atoms with Gasteiger partial charge >= 0.3 is 0 Å². The summed E-state index contributed by atoms with van der Waals surface area (Å²) in [5.41, 5.74) is 0. The van der Waals surface area contributed by atoms with Crippen molar-refractivity contribution in [1.29, 1.82) is 0 Å². The number of carbonyl (C=O) groups excluding carboxylic acids is 1. The van der Waals surface area contributed by atoms with Gasteiger partial charge in [-0.05, 0) is 26.7 Å². The molecule has 1 heterocycles. The summed E-state index contributed by atoms with van der Waals surface area (Å²) in [5, 5.41) is 12.2. The lowest BCUT2D eigenvalue weighted by atomic mass is 10.2. The van der Waals surface area contributed by atoms with Crippen LogP contribution in [-0.4, -0.2) is 47.7 Å². The van der Waals surface area contributed by atoms with Crippen LogP contribution >= 0.6 is 0 Å². The second-order valence-electron chi connectivity index (χ2n) is 4.00. The molecule has 0 bridgehead atoms. The molecule has 0 aromatic rings. The fourth-order valence-corrected chi connectivity index (χ4v) is 1.50. The van der Waals surface area contributed by atoms with E-state index in [1.807, 2.05) is 11.8 Å². The summed E-state index contributed by atoms with van der Waals surface area (Å²) in [7, 11) is 0. The molecular formula is C10H20N2O2. The topological polar surface area (TPSA) is 52.6 Å². The van der Waals surface area contributed by atoms with Crippen LogP contribution in [0, 0.1) is 0 Å². The van der Waals surface area contributed by atoms with E-state index in [1.54, 1.807) is 6.92 Å². The van der Waals surface area contributed by atoms with Gasteiger partial charge in [-0.1, -0.05) is 0 Å². The van der Waals surface area contributed by atoms with E-state index >= 15 is 0 Å². The molecule has 1 aliphatic rings. The summed E-state index contributed by atoms with van der Waals surface area (Å²) in [4.78, 5) is 13.4. The van der Waals surface area contributed by atoms with Crippen LogP contribution in [0.25, 0.3) is 0 Å². The Kier molecular flexibility index (Phi) is 4.35. The minimum Gasteiger partial charge on any atom is -0.392 e. The molecule has 0 aromatic carbocycles. The minimum atomic E-state index is -0.415. The third kappa shape index (κ3) is 3.27. The van der Waals surface area contributed by atoms with Crippen LogP contribution in [0.15, 0.2) is 0 Å². The van der Waals surface area contributed by atoms with Crippen molar-refractivity contribution < 1.29 is 9.90 Å². The van der Waals surface area contributed by atoms with E-state index in [-0.39, 0.29) is 11.9 Å². The summed E-state index contributed by atoms with van der Waals surface area (Å²) in [5.74, 6) is 0.148. The molecule has 1 aliphatic heterocycles. The zero-order valence-corrected chi connectivity index (χ0v) is 8.99. The summed E-state index contributed by atoms with van der Waals surface area (Å²) in [6.07, 6.45) is 1.83. The van der Waals surface area contributed by atoms with Crippen LogP contribution in [0.5, 0.6) is 0 Å². The molecule has 82 valence electrons. The van der Waals surface area contributed by atoms with Crippen molar-refractivity contribution >= 4 is 5.91 Å². The molecule has 4 heteroatoms. The van der Waals surface area contributed by atoms with Gasteiger partial charge in [-0.3, -0.25) is 4.79 Å². The number of nitrogens with zero attached hydrogens (tertiary/aromatic N) is 1. The zero-order chi connectivity index (χ0) is 10.6. The molecule has 4 nitrogen and oxygen atoms in total. The normalized spacial score (nSPS) is 20.9. The lowest BCUT2D eigenvalue weighted by molar-refractivity contribution is -0.129. The van der Waals surface area contributed by atoms with Gasteiger partial charge in [0.15, 0.2) is 0 Å². The van der Waals surface area contributed by atoms with Crippen molar-refractivity contribution in [3.63, 3.8) is 0 Å². The summed E-state index contributed by atoms with van der Waals surface area (Å²) in [6.45, 7) is 5.72. The average Bonchev–Trinajstić information content (AvgIpc) is 2.66. The maximum atomic E-state index is 11.6. The Morgan fingerprint density at radius 3 is 2.50 bits per heavy atom. The number of aliphatic hydroxyl groups is 1. The van der Waals surface area contributed by atoms with Gasteiger partial charge in [0.05, 0.1) is 12.6 Å². The smallest absolute Gasteiger partial charge is 0.236 e. The highest BCUT2D eigenvalue weighted by molar-refractivity contribution is 5.78. The highest BCUT2D eigenvalue weighted by Gasteiger charge is 2.18. The number of aliphatic hydroxyl groups excluding tert-OH is 1. The standard InChI is InChI=1S/C10H20N2O2/c1-8(9(2)13)11-7-10(14)12-5-3-4-6-12/h8-9,11,13H,3-7H2,1-2H3. The molecular weight excluding hydrogens is 180 g/mol. The first-order valence-corrected chi connectivity index (χ1v) is 5.30. The summed E-state index contributed by atoms with van der Waals surface area (Å²) in [6, 6.07) is -0.0263. The molecule has 2 N–H and O–H groups in total. The fraction of sp³-hybridized carbons (Fsp3) is 0.900. The molecule has 0 radical (unpaired) electrons. The lowest BCUT2D eigenvalue weighted by Crippen LogP contribution is -2.43. The highest BCUT2D eigenvalue weighted by Crippen LogP contribution is 2.06. The predicted octanol–water partition coefficient (Wildman–Crippen LogP) is -0.0323. The zero-order valence-electron chi connectivity index (χ0n) is 8.99. The van der Waals surface area contributed by atoms with Crippen molar-refractivity contribution in [3.8, 4) is 0 Å². The van der Waals surface area contributed by atoms with Crippen molar-refractivity contribution in [2.75, 3.05) is 19.6 Å². The van der Waals surface area contributed by atoms with E-state index in [0.29, 0.717) is 6.54 Å². The third-order valence-corrected chi connectivity index (χ3v) is 2.76. The van der Waals surface area contributed by atoms with E-state index in [1.165, 1.54) is 0 Å². The van der Waals surface area contributed by atoms with Crippen LogP contribution < -0.4 is 5.32 Å². The number of nitrogens with one attached hydrogen (secondary N) is 1. The molecule has 1 fully saturated rings. The van der Waals surface area contributed by atoms with Gasteiger partial charge in [-0.2, -0.15) is 0 Å². The average molecular weight is 200 g/mol. The Labute approximate surface area is 85.3 Å². The number of rotatable bonds is 4. The molecule has 14 heavy (non-hydrogen) atoms. The van der Waals surface area contributed by atoms with Crippen molar-refractivity contribution in [2.45, 2.75) is 38.8 Å². The fourth-order valence-electron chi connectivity index (χ4n) is 1.50. The van der Waals surface area contributed by atoms with Crippen LogP contribution in [0.4, 0.5) is 0 Å². The van der Waals surface area contributed by atoms with E-state index in [9.17, 15) is 9.90 Å². The Morgan fingerprint density at radius 1 is 1.43 bits per heavy atom. The second-order valence-corrected chi connectivity index (χ2v) is 4.00. The number of amides is 1.